The van der Waals surface area contributed by atoms with Gasteiger partial charge in [0.25, 0.3) is 5.91 Å². The Labute approximate surface area is 185 Å². The number of aromatic nitrogens is 1. The molecular formula is C24H24N4O4. The van der Waals surface area contributed by atoms with Gasteiger partial charge < -0.3 is 19.4 Å². The van der Waals surface area contributed by atoms with Crippen molar-refractivity contribution in [1.29, 1.82) is 0 Å². The van der Waals surface area contributed by atoms with Crippen LogP contribution in [-0.4, -0.2) is 59.2 Å². The Morgan fingerprint density at radius 1 is 1.16 bits per heavy atom. The quantitative estimate of drug-likeness (QED) is 0.628. The van der Waals surface area contributed by atoms with E-state index in [0.29, 0.717) is 31.1 Å². The minimum atomic E-state index is -0.546. The largest absolute Gasteiger partial charge is 0.493 e. The second kappa shape index (κ2) is 8.03. The summed E-state index contributed by atoms with van der Waals surface area (Å²) in [6.07, 6.45) is 2.05. The maximum absolute atomic E-state index is 13.2. The molecule has 1 saturated heterocycles. The van der Waals surface area contributed by atoms with Crippen LogP contribution in [0.15, 0.2) is 47.6 Å². The van der Waals surface area contributed by atoms with E-state index in [1.807, 2.05) is 37.3 Å². The van der Waals surface area contributed by atoms with Crippen LogP contribution in [0.25, 0.3) is 10.9 Å². The van der Waals surface area contributed by atoms with Gasteiger partial charge in [-0.1, -0.05) is 18.2 Å². The number of rotatable bonds is 5. The average Bonchev–Trinajstić information content (AvgIpc) is 3.18. The molecule has 1 aromatic heterocycles. The number of hydrogen-bond donors (Lipinski definition) is 1. The van der Waals surface area contributed by atoms with Crippen molar-refractivity contribution in [3.63, 3.8) is 0 Å². The third kappa shape index (κ3) is 3.37. The zero-order valence-corrected chi connectivity index (χ0v) is 18.0. The molecule has 0 unspecified atom stereocenters. The van der Waals surface area contributed by atoms with Gasteiger partial charge in [-0.25, -0.2) is 5.01 Å². The van der Waals surface area contributed by atoms with Gasteiger partial charge in [-0.2, -0.15) is 5.10 Å². The standard InChI is InChI=1S/C24H24N4O4/c1-3-32-21-9-8-15(10-22(21)31-2)12-25-28-14-23(29)27-13-19-17(11-20(27)24(28)30)16-6-4-5-7-18(16)26-19/h4-10,12,20,26H,3,11,13-14H2,1-2H3/b25-12-/t20-/m0/s1. The summed E-state index contributed by atoms with van der Waals surface area (Å²) in [4.78, 5) is 31.1. The minimum Gasteiger partial charge on any atom is -0.493 e. The molecule has 2 aliphatic heterocycles. The number of aromatic amines is 1. The molecular weight excluding hydrogens is 408 g/mol. The molecule has 2 amide bonds. The Bertz CT molecular complexity index is 1230. The SMILES string of the molecule is CCOc1ccc(/C=N\N2CC(=O)N3Cc4[nH]c5ccccc5c4C[C@H]3C2=O)cc1OC. The van der Waals surface area contributed by atoms with Gasteiger partial charge in [0.05, 0.1) is 26.5 Å². The van der Waals surface area contributed by atoms with Crippen LogP contribution in [0.5, 0.6) is 11.5 Å². The fourth-order valence-electron chi connectivity index (χ4n) is 4.43. The van der Waals surface area contributed by atoms with Crippen molar-refractivity contribution >= 4 is 28.9 Å². The van der Waals surface area contributed by atoms with E-state index in [1.165, 1.54) is 5.01 Å². The summed E-state index contributed by atoms with van der Waals surface area (Å²) in [7, 11) is 1.57. The summed E-state index contributed by atoms with van der Waals surface area (Å²) in [6, 6.07) is 12.9. The van der Waals surface area contributed by atoms with Gasteiger partial charge in [0.2, 0.25) is 5.91 Å². The van der Waals surface area contributed by atoms with Crippen molar-refractivity contribution in [1.82, 2.24) is 14.9 Å². The fourth-order valence-corrected chi connectivity index (χ4v) is 4.43. The van der Waals surface area contributed by atoms with Crippen molar-refractivity contribution in [2.24, 2.45) is 5.10 Å². The lowest BCUT2D eigenvalue weighted by molar-refractivity contribution is -0.157. The van der Waals surface area contributed by atoms with E-state index in [-0.39, 0.29) is 18.4 Å². The molecule has 0 aliphatic carbocycles. The van der Waals surface area contributed by atoms with Crippen LogP contribution in [0.2, 0.25) is 0 Å². The molecule has 1 fully saturated rings. The normalized spacial score (nSPS) is 18.2. The second-order valence-electron chi connectivity index (χ2n) is 7.85. The van der Waals surface area contributed by atoms with Gasteiger partial charge >= 0.3 is 0 Å². The Kier molecular flexibility index (Phi) is 5.05. The molecule has 0 bridgehead atoms. The molecule has 3 aromatic rings. The number of piperazine rings is 1. The van der Waals surface area contributed by atoms with E-state index in [0.717, 1.165) is 27.7 Å². The van der Waals surface area contributed by atoms with Crippen LogP contribution >= 0.6 is 0 Å². The Morgan fingerprint density at radius 2 is 2.00 bits per heavy atom. The van der Waals surface area contributed by atoms with Crippen LogP contribution < -0.4 is 9.47 Å². The number of amides is 2. The number of carbonyl (C=O) groups is 2. The van der Waals surface area contributed by atoms with E-state index < -0.39 is 6.04 Å². The number of hydrogen-bond acceptors (Lipinski definition) is 5. The number of carbonyl (C=O) groups excluding carboxylic acids is 2. The lowest BCUT2D eigenvalue weighted by atomic mass is 9.94. The molecule has 5 rings (SSSR count). The van der Waals surface area contributed by atoms with Crippen LogP contribution in [0.3, 0.4) is 0 Å². The number of benzene rings is 2. The first kappa shape index (κ1) is 20.1. The van der Waals surface area contributed by atoms with Crippen molar-refractivity contribution < 1.29 is 19.1 Å². The summed E-state index contributed by atoms with van der Waals surface area (Å²) in [5.41, 5.74) is 3.87. The highest BCUT2D eigenvalue weighted by molar-refractivity contribution is 5.97. The van der Waals surface area contributed by atoms with E-state index >= 15 is 0 Å². The first-order valence-electron chi connectivity index (χ1n) is 10.6. The monoisotopic (exact) mass is 432 g/mol. The Morgan fingerprint density at radius 3 is 2.81 bits per heavy atom. The maximum Gasteiger partial charge on any atom is 0.266 e. The van der Waals surface area contributed by atoms with Gasteiger partial charge in [0, 0.05) is 23.0 Å². The fraction of sp³-hybridized carbons (Fsp3) is 0.292. The summed E-state index contributed by atoms with van der Waals surface area (Å²) in [5.74, 6) is 0.945. The molecule has 32 heavy (non-hydrogen) atoms. The highest BCUT2D eigenvalue weighted by Crippen LogP contribution is 2.32. The minimum absolute atomic E-state index is 0.0738. The van der Waals surface area contributed by atoms with E-state index in [2.05, 4.69) is 10.1 Å². The van der Waals surface area contributed by atoms with Gasteiger partial charge in [0.1, 0.15) is 12.6 Å². The van der Waals surface area contributed by atoms with Crippen molar-refractivity contribution in [3.05, 3.63) is 59.3 Å². The lowest BCUT2D eigenvalue weighted by Crippen LogP contribution is -2.60. The van der Waals surface area contributed by atoms with E-state index in [9.17, 15) is 9.59 Å². The third-order valence-electron chi connectivity index (χ3n) is 5.98. The molecule has 1 atom stereocenters. The summed E-state index contributed by atoms with van der Waals surface area (Å²) >= 11 is 0. The van der Waals surface area contributed by atoms with Crippen LogP contribution in [0.1, 0.15) is 23.7 Å². The number of fused-ring (bicyclic) bond motifs is 4. The average molecular weight is 432 g/mol. The number of hydrazone groups is 1. The molecule has 0 saturated carbocycles. The predicted molar refractivity (Wildman–Crippen MR) is 120 cm³/mol. The van der Waals surface area contributed by atoms with E-state index in [1.54, 1.807) is 30.4 Å². The van der Waals surface area contributed by atoms with Crippen LogP contribution in [0.4, 0.5) is 0 Å². The summed E-state index contributed by atoms with van der Waals surface area (Å²) in [5, 5.41) is 6.71. The Balaban J connectivity index is 1.39. The maximum atomic E-state index is 13.2. The highest BCUT2D eigenvalue weighted by atomic mass is 16.5. The molecule has 3 heterocycles. The molecule has 0 spiro atoms. The molecule has 8 nitrogen and oxygen atoms in total. The third-order valence-corrected chi connectivity index (χ3v) is 5.98. The highest BCUT2D eigenvalue weighted by Gasteiger charge is 2.43. The lowest BCUT2D eigenvalue weighted by Gasteiger charge is -2.40. The van der Waals surface area contributed by atoms with E-state index in [4.69, 9.17) is 9.47 Å². The van der Waals surface area contributed by atoms with Gasteiger partial charge in [-0.3, -0.25) is 9.59 Å². The summed E-state index contributed by atoms with van der Waals surface area (Å²) in [6.45, 7) is 2.77. The predicted octanol–water partition coefficient (Wildman–Crippen LogP) is 2.70. The number of methoxy groups -OCH3 is 1. The van der Waals surface area contributed by atoms with Crippen molar-refractivity contribution in [3.8, 4) is 11.5 Å². The first-order valence-corrected chi connectivity index (χ1v) is 10.6. The topological polar surface area (TPSA) is 87.2 Å². The summed E-state index contributed by atoms with van der Waals surface area (Å²) < 4.78 is 10.9. The second-order valence-corrected chi connectivity index (χ2v) is 7.85. The van der Waals surface area contributed by atoms with Crippen molar-refractivity contribution in [2.45, 2.75) is 25.9 Å². The molecule has 2 aromatic carbocycles. The van der Waals surface area contributed by atoms with Gasteiger partial charge in [-0.15, -0.1) is 0 Å². The molecule has 8 heteroatoms. The zero-order chi connectivity index (χ0) is 22.2. The number of ether oxygens (including phenoxy) is 2. The molecule has 2 aliphatic rings. The van der Waals surface area contributed by atoms with Gasteiger partial charge in [-0.05, 0) is 42.3 Å². The molecule has 1 N–H and O–H groups in total. The number of nitrogens with zero attached hydrogens (tertiary/aromatic N) is 3. The van der Waals surface area contributed by atoms with Crippen molar-refractivity contribution in [2.75, 3.05) is 20.3 Å². The number of nitrogens with one attached hydrogen (secondary N) is 1. The van der Waals surface area contributed by atoms with Gasteiger partial charge in [0.15, 0.2) is 11.5 Å². The molecule has 164 valence electrons. The number of H-pyrrole nitrogens is 1. The van der Waals surface area contributed by atoms with Crippen LogP contribution in [-0.2, 0) is 22.6 Å². The molecule has 0 radical (unpaired) electrons. The number of para-hydroxylation sites is 1. The Hall–Kier alpha value is -3.81. The van der Waals surface area contributed by atoms with Crippen LogP contribution in [0, 0.1) is 0 Å². The first-order chi connectivity index (χ1) is 15.6. The zero-order valence-electron chi connectivity index (χ0n) is 18.0. The smallest absolute Gasteiger partial charge is 0.266 e.